The molecule has 0 aliphatic carbocycles. The lowest BCUT2D eigenvalue weighted by molar-refractivity contribution is 0.571. The average Bonchev–Trinajstić information content (AvgIpc) is 2.67. The molecule has 1 aromatic carbocycles. The van der Waals surface area contributed by atoms with E-state index in [-0.39, 0.29) is 11.0 Å². The predicted octanol–water partition coefficient (Wildman–Crippen LogP) is 4.66. The lowest BCUT2D eigenvalue weighted by Crippen LogP contribution is -2.21. The SMILES string of the molecule is CCC(CC)S(=O)(=O)Cc1sc2ccccc2c1Cl. The van der Waals surface area contributed by atoms with Crippen LogP contribution in [0.2, 0.25) is 5.02 Å². The van der Waals surface area contributed by atoms with Crippen LogP contribution in [0.1, 0.15) is 31.6 Å². The van der Waals surface area contributed by atoms with Crippen molar-refractivity contribution in [3.63, 3.8) is 0 Å². The number of rotatable bonds is 5. The minimum atomic E-state index is -3.12. The summed E-state index contributed by atoms with van der Waals surface area (Å²) in [6, 6.07) is 7.76. The summed E-state index contributed by atoms with van der Waals surface area (Å²) in [5.74, 6) is 0.0531. The van der Waals surface area contributed by atoms with Crippen LogP contribution in [0.15, 0.2) is 24.3 Å². The van der Waals surface area contributed by atoms with Gasteiger partial charge in [-0.3, -0.25) is 0 Å². The molecule has 0 N–H and O–H groups in total. The van der Waals surface area contributed by atoms with Crippen molar-refractivity contribution in [1.82, 2.24) is 0 Å². The standard InChI is InChI=1S/C14H17ClO2S2/c1-3-10(4-2)19(16,17)9-13-14(15)11-7-5-6-8-12(11)18-13/h5-8,10H,3-4,9H2,1-2H3. The van der Waals surface area contributed by atoms with Crippen LogP contribution in [0.3, 0.4) is 0 Å². The third kappa shape index (κ3) is 2.96. The molecule has 19 heavy (non-hydrogen) atoms. The number of fused-ring (bicyclic) bond motifs is 1. The largest absolute Gasteiger partial charge is 0.228 e. The van der Waals surface area contributed by atoms with Crippen molar-refractivity contribution in [2.24, 2.45) is 0 Å². The monoisotopic (exact) mass is 316 g/mol. The molecule has 0 aliphatic rings. The molecule has 0 saturated heterocycles. The van der Waals surface area contributed by atoms with Crippen molar-refractivity contribution in [3.05, 3.63) is 34.2 Å². The Morgan fingerprint density at radius 3 is 2.42 bits per heavy atom. The Hall–Kier alpha value is -0.580. The second-order valence-corrected chi connectivity index (χ2v) is 8.38. The summed E-state index contributed by atoms with van der Waals surface area (Å²) in [4.78, 5) is 0.759. The van der Waals surface area contributed by atoms with Crippen molar-refractivity contribution < 1.29 is 8.42 Å². The maximum Gasteiger partial charge on any atom is 0.158 e. The molecule has 0 aliphatic heterocycles. The van der Waals surface area contributed by atoms with Crippen molar-refractivity contribution >= 4 is 42.9 Å². The number of benzene rings is 1. The first-order valence-electron chi connectivity index (χ1n) is 6.37. The van der Waals surface area contributed by atoms with Gasteiger partial charge in [0.05, 0.1) is 16.0 Å². The highest BCUT2D eigenvalue weighted by atomic mass is 35.5. The van der Waals surface area contributed by atoms with Crippen LogP contribution >= 0.6 is 22.9 Å². The second-order valence-electron chi connectivity index (χ2n) is 4.58. The highest BCUT2D eigenvalue weighted by Gasteiger charge is 2.25. The van der Waals surface area contributed by atoms with E-state index in [1.165, 1.54) is 11.3 Å². The van der Waals surface area contributed by atoms with E-state index >= 15 is 0 Å². The zero-order chi connectivity index (χ0) is 14.0. The van der Waals surface area contributed by atoms with E-state index in [0.717, 1.165) is 15.0 Å². The van der Waals surface area contributed by atoms with Gasteiger partial charge in [0.15, 0.2) is 9.84 Å². The molecule has 0 bridgehead atoms. The first kappa shape index (κ1) is 14.8. The zero-order valence-electron chi connectivity index (χ0n) is 11.0. The number of hydrogen-bond donors (Lipinski definition) is 0. The Morgan fingerprint density at radius 2 is 1.84 bits per heavy atom. The summed E-state index contributed by atoms with van der Waals surface area (Å²) in [6.07, 6.45) is 1.31. The van der Waals surface area contributed by atoms with Gasteiger partial charge in [0, 0.05) is 15.0 Å². The fourth-order valence-electron chi connectivity index (χ4n) is 2.25. The van der Waals surface area contributed by atoms with Crippen LogP contribution in [-0.4, -0.2) is 13.7 Å². The molecule has 0 saturated carbocycles. The van der Waals surface area contributed by atoms with Gasteiger partial charge in [0.1, 0.15) is 0 Å². The molecule has 1 heterocycles. The molecule has 0 spiro atoms. The smallest absolute Gasteiger partial charge is 0.158 e. The van der Waals surface area contributed by atoms with Gasteiger partial charge >= 0.3 is 0 Å². The van der Waals surface area contributed by atoms with Gasteiger partial charge in [-0.1, -0.05) is 43.6 Å². The number of sulfone groups is 1. The summed E-state index contributed by atoms with van der Waals surface area (Å²) >= 11 is 7.78. The van der Waals surface area contributed by atoms with Crippen LogP contribution in [0.25, 0.3) is 10.1 Å². The van der Waals surface area contributed by atoms with E-state index in [1.54, 1.807) is 0 Å². The van der Waals surface area contributed by atoms with E-state index in [2.05, 4.69) is 0 Å². The Bertz CT molecular complexity index is 670. The minimum absolute atomic E-state index is 0.0531. The summed E-state index contributed by atoms with van der Waals surface area (Å²) in [5.41, 5.74) is 0. The quantitative estimate of drug-likeness (QED) is 0.804. The fraction of sp³-hybridized carbons (Fsp3) is 0.429. The van der Waals surface area contributed by atoms with E-state index in [1.807, 2.05) is 38.1 Å². The maximum atomic E-state index is 12.3. The summed E-state index contributed by atoms with van der Waals surface area (Å²) < 4.78 is 25.7. The molecule has 0 radical (unpaired) electrons. The zero-order valence-corrected chi connectivity index (χ0v) is 13.4. The first-order valence-corrected chi connectivity index (χ1v) is 9.28. The molecule has 0 fully saturated rings. The normalized spacial score (nSPS) is 12.4. The van der Waals surface area contributed by atoms with Crippen molar-refractivity contribution in [2.45, 2.75) is 37.7 Å². The number of thiophene rings is 1. The van der Waals surface area contributed by atoms with Crippen LogP contribution in [0, 0.1) is 0 Å². The lowest BCUT2D eigenvalue weighted by atomic mass is 10.2. The van der Waals surface area contributed by atoms with Crippen LogP contribution in [-0.2, 0) is 15.6 Å². The van der Waals surface area contributed by atoms with Crippen LogP contribution in [0.5, 0.6) is 0 Å². The van der Waals surface area contributed by atoms with Crippen molar-refractivity contribution in [2.75, 3.05) is 0 Å². The van der Waals surface area contributed by atoms with Gasteiger partial charge in [0.2, 0.25) is 0 Å². The Morgan fingerprint density at radius 1 is 1.21 bits per heavy atom. The minimum Gasteiger partial charge on any atom is -0.228 e. The summed E-state index contributed by atoms with van der Waals surface area (Å²) in [5, 5.41) is 1.27. The van der Waals surface area contributed by atoms with Gasteiger partial charge in [0.25, 0.3) is 0 Å². The van der Waals surface area contributed by atoms with Crippen LogP contribution < -0.4 is 0 Å². The molecule has 2 nitrogen and oxygen atoms in total. The van der Waals surface area contributed by atoms with E-state index in [4.69, 9.17) is 11.6 Å². The predicted molar refractivity (Wildman–Crippen MR) is 83.8 cm³/mol. The number of halogens is 1. The lowest BCUT2D eigenvalue weighted by Gasteiger charge is -2.12. The van der Waals surface area contributed by atoms with Gasteiger partial charge < -0.3 is 0 Å². The highest BCUT2D eigenvalue weighted by Crippen LogP contribution is 2.36. The Kier molecular flexibility index (Phi) is 4.54. The third-order valence-electron chi connectivity index (χ3n) is 3.35. The fourth-order valence-corrected chi connectivity index (χ4v) is 6.12. The van der Waals surface area contributed by atoms with Gasteiger partial charge in [-0.25, -0.2) is 8.42 Å². The molecular formula is C14H17ClO2S2. The molecular weight excluding hydrogens is 300 g/mol. The maximum absolute atomic E-state index is 12.3. The molecule has 2 aromatic rings. The van der Waals surface area contributed by atoms with Gasteiger partial charge in [-0.15, -0.1) is 11.3 Å². The molecule has 1 aromatic heterocycles. The van der Waals surface area contributed by atoms with Gasteiger partial charge in [-0.2, -0.15) is 0 Å². The third-order valence-corrected chi connectivity index (χ3v) is 7.62. The van der Waals surface area contributed by atoms with E-state index in [0.29, 0.717) is 17.9 Å². The topological polar surface area (TPSA) is 34.1 Å². The summed E-state index contributed by atoms with van der Waals surface area (Å²) in [6.45, 7) is 3.83. The second kappa shape index (κ2) is 5.81. The van der Waals surface area contributed by atoms with E-state index in [9.17, 15) is 8.42 Å². The highest BCUT2D eigenvalue weighted by molar-refractivity contribution is 7.91. The Labute approximate surface area is 123 Å². The molecule has 104 valence electrons. The van der Waals surface area contributed by atoms with Crippen molar-refractivity contribution in [1.29, 1.82) is 0 Å². The van der Waals surface area contributed by atoms with E-state index < -0.39 is 9.84 Å². The molecule has 2 rings (SSSR count). The summed E-state index contributed by atoms with van der Waals surface area (Å²) in [7, 11) is -3.12. The molecule has 0 amide bonds. The first-order chi connectivity index (χ1) is 8.99. The molecule has 0 unspecified atom stereocenters. The van der Waals surface area contributed by atoms with Gasteiger partial charge in [-0.05, 0) is 18.9 Å². The average molecular weight is 317 g/mol. The molecule has 0 atom stereocenters. The van der Waals surface area contributed by atoms with Crippen molar-refractivity contribution in [3.8, 4) is 0 Å². The van der Waals surface area contributed by atoms with Crippen LogP contribution in [0.4, 0.5) is 0 Å². The number of hydrogen-bond acceptors (Lipinski definition) is 3. The Balaban J connectivity index is 2.39. The molecule has 5 heteroatoms.